The first kappa shape index (κ1) is 25.0. The van der Waals surface area contributed by atoms with E-state index in [2.05, 4.69) is 20.8 Å². The number of nitrogens with zero attached hydrogens (tertiary/aromatic N) is 1. The summed E-state index contributed by atoms with van der Waals surface area (Å²) in [6.45, 7) is 11.2. The monoisotopic (exact) mass is 369 g/mol. The number of quaternary nitrogens is 1. The van der Waals surface area contributed by atoms with E-state index in [-0.39, 0.29) is 0 Å². The van der Waals surface area contributed by atoms with Crippen LogP contribution < -0.4 is 5.11 Å². The van der Waals surface area contributed by atoms with Crippen LogP contribution in [0.15, 0.2) is 11.8 Å². The third-order valence-electron chi connectivity index (χ3n) is 5.22. The minimum atomic E-state index is -0.982. The Morgan fingerprint density at radius 2 is 1.46 bits per heavy atom. The maximum Gasteiger partial charge on any atom is 0.143 e. The summed E-state index contributed by atoms with van der Waals surface area (Å²) in [6.07, 6.45) is 13.0. The first-order valence-corrected chi connectivity index (χ1v) is 10.8. The predicted molar refractivity (Wildman–Crippen MR) is 108 cm³/mol. The van der Waals surface area contributed by atoms with Crippen LogP contribution >= 0.6 is 0 Å². The van der Waals surface area contributed by atoms with E-state index in [4.69, 9.17) is 0 Å². The average Bonchev–Trinajstić information content (AvgIpc) is 2.59. The lowest BCUT2D eigenvalue weighted by Gasteiger charge is -2.41. The van der Waals surface area contributed by atoms with Crippen molar-refractivity contribution in [2.24, 2.45) is 5.92 Å². The molecule has 154 valence electrons. The number of rotatable bonds is 17. The van der Waals surface area contributed by atoms with Crippen LogP contribution in [0.4, 0.5) is 0 Å². The highest BCUT2D eigenvalue weighted by Crippen LogP contribution is 2.20. The van der Waals surface area contributed by atoms with Crippen molar-refractivity contribution in [3.8, 4) is 0 Å². The molecule has 0 aliphatic heterocycles. The highest BCUT2D eigenvalue weighted by molar-refractivity contribution is 5.67. The quantitative estimate of drug-likeness (QED) is 0.232. The minimum Gasteiger partial charge on any atom is -0.550 e. The summed E-state index contributed by atoms with van der Waals surface area (Å²) in [4.78, 5) is 11.4. The lowest BCUT2D eigenvalue weighted by Crippen LogP contribution is -2.55. The number of carbonyl (C=O) groups excluding carboxylic acids is 1. The lowest BCUT2D eigenvalue weighted by molar-refractivity contribution is -0.927. The molecule has 26 heavy (non-hydrogen) atoms. The molecule has 4 nitrogen and oxygen atoms in total. The summed E-state index contributed by atoms with van der Waals surface area (Å²) >= 11 is 0. The molecule has 1 unspecified atom stereocenters. The van der Waals surface area contributed by atoms with E-state index in [0.29, 0.717) is 23.3 Å². The van der Waals surface area contributed by atoms with Crippen LogP contribution in [-0.2, 0) is 4.79 Å². The molecule has 1 N–H and O–H groups in total. The summed E-state index contributed by atoms with van der Waals surface area (Å²) in [6, 6.07) is 0. The maximum atomic E-state index is 11.4. The van der Waals surface area contributed by atoms with Crippen LogP contribution in [0.5, 0.6) is 0 Å². The van der Waals surface area contributed by atoms with Crippen LogP contribution in [0.2, 0.25) is 0 Å². The van der Waals surface area contributed by atoms with Gasteiger partial charge in [-0.15, -0.1) is 0 Å². The molecular formula is C22H43NO3. The van der Waals surface area contributed by atoms with Gasteiger partial charge in [-0.25, -0.2) is 0 Å². The number of aliphatic hydroxyl groups excluding tert-OH is 1. The third-order valence-corrected chi connectivity index (χ3v) is 5.22. The molecule has 0 radical (unpaired) electrons. The molecule has 0 spiro atoms. The molecule has 0 rings (SSSR count). The second-order valence-electron chi connectivity index (χ2n) is 7.96. The van der Waals surface area contributed by atoms with Crippen molar-refractivity contribution in [2.75, 3.05) is 26.2 Å². The number of aliphatic carboxylic acids is 1. The Kier molecular flexibility index (Phi) is 14.5. The molecule has 0 aliphatic carbocycles. The van der Waals surface area contributed by atoms with Crippen molar-refractivity contribution in [1.82, 2.24) is 0 Å². The smallest absolute Gasteiger partial charge is 0.143 e. The Bertz CT molecular complexity index is 383. The van der Waals surface area contributed by atoms with E-state index in [0.717, 1.165) is 64.5 Å². The van der Waals surface area contributed by atoms with Gasteiger partial charge in [0.1, 0.15) is 12.3 Å². The lowest BCUT2D eigenvalue weighted by atomic mass is 10.1. The molecule has 0 amide bonds. The summed E-state index contributed by atoms with van der Waals surface area (Å²) < 4.78 is 0.672. The maximum absolute atomic E-state index is 11.4. The van der Waals surface area contributed by atoms with Crippen LogP contribution in [0.1, 0.15) is 91.9 Å². The van der Waals surface area contributed by atoms with Crippen molar-refractivity contribution in [3.05, 3.63) is 11.8 Å². The van der Waals surface area contributed by atoms with Crippen LogP contribution in [0, 0.1) is 5.92 Å². The second-order valence-corrected chi connectivity index (χ2v) is 7.96. The van der Waals surface area contributed by atoms with Crippen LogP contribution in [0.25, 0.3) is 0 Å². The first-order chi connectivity index (χ1) is 12.4. The van der Waals surface area contributed by atoms with Gasteiger partial charge in [-0.1, -0.05) is 53.4 Å². The Balaban J connectivity index is 5.19. The molecule has 0 heterocycles. The standard InChI is InChI=1S/C22H43NO3/c1-5-8-11-12-15-21(24)19-23(16-13-9-6-2,17-14-10-7-3)18-20(4)22(25)26/h15,20H,5-14,16-19H2,1-4H3,(H-,24,25,26)/b21-15-. The highest BCUT2D eigenvalue weighted by Gasteiger charge is 2.30. The fourth-order valence-corrected chi connectivity index (χ4v) is 3.64. The Morgan fingerprint density at radius 1 is 0.962 bits per heavy atom. The second kappa shape index (κ2) is 15.1. The zero-order chi connectivity index (χ0) is 19.8. The molecular weight excluding hydrogens is 326 g/mol. The fourth-order valence-electron chi connectivity index (χ4n) is 3.64. The van der Waals surface area contributed by atoms with E-state index in [1.165, 1.54) is 12.8 Å². The van der Waals surface area contributed by atoms with Gasteiger partial charge in [0, 0.05) is 11.9 Å². The largest absolute Gasteiger partial charge is 0.550 e. The Morgan fingerprint density at radius 3 is 1.92 bits per heavy atom. The predicted octanol–water partition coefficient (Wildman–Crippen LogP) is 4.59. The van der Waals surface area contributed by atoms with Crippen molar-refractivity contribution in [2.45, 2.75) is 91.9 Å². The van der Waals surface area contributed by atoms with Crippen LogP contribution in [-0.4, -0.2) is 41.7 Å². The molecule has 0 aromatic carbocycles. The Labute approximate surface area is 161 Å². The van der Waals surface area contributed by atoms with Gasteiger partial charge < -0.3 is 19.5 Å². The van der Waals surface area contributed by atoms with E-state index in [9.17, 15) is 15.0 Å². The average molecular weight is 370 g/mol. The van der Waals surface area contributed by atoms with Gasteiger partial charge in [-0.3, -0.25) is 0 Å². The number of carbonyl (C=O) groups is 1. The minimum absolute atomic E-state index is 0.430. The van der Waals surface area contributed by atoms with Gasteiger partial charge in [0.15, 0.2) is 0 Å². The molecule has 1 atom stereocenters. The van der Waals surface area contributed by atoms with Gasteiger partial charge in [0.05, 0.1) is 19.6 Å². The number of allylic oxidation sites excluding steroid dienone is 1. The molecule has 0 aliphatic rings. The van der Waals surface area contributed by atoms with Gasteiger partial charge in [-0.05, 0) is 44.6 Å². The topological polar surface area (TPSA) is 60.4 Å². The first-order valence-electron chi connectivity index (χ1n) is 10.8. The number of carboxylic acid groups (broad SMARTS) is 1. The molecule has 0 saturated carbocycles. The van der Waals surface area contributed by atoms with Gasteiger partial charge in [0.25, 0.3) is 0 Å². The Hall–Kier alpha value is -1.03. The summed E-state index contributed by atoms with van der Waals surface area (Å²) in [5.74, 6) is -1.05. The SMILES string of the molecule is CCCCC/C=C(\O)C[N+](CCCCC)(CCCCC)CC(C)C(=O)[O-]. The molecule has 0 saturated heterocycles. The molecule has 4 heteroatoms. The molecule has 0 aromatic rings. The molecule has 0 fully saturated rings. The summed E-state index contributed by atoms with van der Waals surface area (Å²) in [5, 5.41) is 21.9. The van der Waals surface area contributed by atoms with Crippen molar-refractivity contribution >= 4 is 5.97 Å². The third kappa shape index (κ3) is 11.6. The van der Waals surface area contributed by atoms with Gasteiger partial charge >= 0.3 is 0 Å². The van der Waals surface area contributed by atoms with E-state index < -0.39 is 11.9 Å². The molecule has 0 aromatic heterocycles. The van der Waals surface area contributed by atoms with Gasteiger partial charge in [0.2, 0.25) is 0 Å². The number of hydrogen-bond donors (Lipinski definition) is 1. The van der Waals surface area contributed by atoms with Crippen LogP contribution in [0.3, 0.4) is 0 Å². The summed E-state index contributed by atoms with van der Waals surface area (Å²) in [7, 11) is 0. The fraction of sp³-hybridized carbons (Fsp3) is 0.864. The number of aliphatic hydroxyl groups is 1. The van der Waals surface area contributed by atoms with Crippen molar-refractivity contribution in [1.29, 1.82) is 0 Å². The van der Waals surface area contributed by atoms with Gasteiger partial charge in [-0.2, -0.15) is 0 Å². The summed E-state index contributed by atoms with van der Waals surface area (Å²) in [5.41, 5.74) is 0. The van der Waals surface area contributed by atoms with Crippen molar-refractivity contribution < 1.29 is 19.5 Å². The van der Waals surface area contributed by atoms with E-state index >= 15 is 0 Å². The van der Waals surface area contributed by atoms with Crippen molar-refractivity contribution in [3.63, 3.8) is 0 Å². The highest BCUT2D eigenvalue weighted by atomic mass is 16.4. The van der Waals surface area contributed by atoms with E-state index in [1.54, 1.807) is 6.92 Å². The zero-order valence-electron chi connectivity index (χ0n) is 17.8. The van der Waals surface area contributed by atoms with E-state index in [1.807, 2.05) is 6.08 Å². The normalized spacial score (nSPS) is 13.8. The number of hydrogen-bond acceptors (Lipinski definition) is 3. The zero-order valence-corrected chi connectivity index (χ0v) is 17.8. The number of carboxylic acids is 1. The molecule has 0 bridgehead atoms. The number of unbranched alkanes of at least 4 members (excludes halogenated alkanes) is 7.